The fourth-order valence-electron chi connectivity index (χ4n) is 3.27. The molecule has 32 heavy (non-hydrogen) atoms. The van der Waals surface area contributed by atoms with Gasteiger partial charge in [-0.25, -0.2) is 0 Å². The van der Waals surface area contributed by atoms with E-state index in [1.807, 2.05) is 67.6 Å². The van der Waals surface area contributed by atoms with Crippen LogP contribution in [0.2, 0.25) is 0 Å². The van der Waals surface area contributed by atoms with Gasteiger partial charge in [0.25, 0.3) is 5.91 Å². The number of benzene rings is 2. The van der Waals surface area contributed by atoms with Gasteiger partial charge in [0.2, 0.25) is 5.17 Å². The first-order valence-corrected chi connectivity index (χ1v) is 10.7. The highest BCUT2D eigenvalue weighted by atomic mass is 32.2. The van der Waals surface area contributed by atoms with Crippen LogP contribution in [0.3, 0.4) is 0 Å². The van der Waals surface area contributed by atoms with Crippen molar-refractivity contribution in [2.24, 2.45) is 10.1 Å². The summed E-state index contributed by atoms with van der Waals surface area (Å²) in [6, 6.07) is 21.0. The van der Waals surface area contributed by atoms with E-state index in [4.69, 9.17) is 14.6 Å². The van der Waals surface area contributed by atoms with Gasteiger partial charge in [-0.2, -0.15) is 15.1 Å². The molecule has 2 aliphatic rings. The third kappa shape index (κ3) is 4.00. The number of furan rings is 1. The van der Waals surface area contributed by atoms with Crippen molar-refractivity contribution in [3.63, 3.8) is 0 Å². The Morgan fingerprint density at radius 1 is 1.12 bits per heavy atom. The lowest BCUT2D eigenvalue weighted by Crippen LogP contribution is -2.35. The Morgan fingerprint density at radius 2 is 1.97 bits per heavy atom. The number of hydrazone groups is 1. The van der Waals surface area contributed by atoms with E-state index in [0.717, 1.165) is 16.9 Å². The number of hydrogen-bond donors (Lipinski definition) is 1. The number of carbonyl (C=O) groups excluding carboxylic acids is 1. The van der Waals surface area contributed by atoms with Crippen molar-refractivity contribution in [2.45, 2.75) is 6.92 Å². The van der Waals surface area contributed by atoms with Crippen molar-refractivity contribution in [1.82, 2.24) is 5.01 Å². The number of rotatable bonds is 5. The summed E-state index contributed by atoms with van der Waals surface area (Å²) in [5.74, 6) is 1.34. The van der Waals surface area contributed by atoms with Crippen molar-refractivity contribution in [1.29, 1.82) is 5.41 Å². The molecule has 1 aromatic heterocycles. The summed E-state index contributed by atoms with van der Waals surface area (Å²) in [6.07, 6.45) is 1.53. The van der Waals surface area contributed by atoms with Crippen molar-refractivity contribution in [3.05, 3.63) is 83.6 Å². The van der Waals surface area contributed by atoms with Gasteiger partial charge in [0.15, 0.2) is 5.84 Å². The summed E-state index contributed by atoms with van der Waals surface area (Å²) in [7, 11) is 0. The molecule has 0 spiro atoms. The van der Waals surface area contributed by atoms with Crippen LogP contribution in [0.15, 0.2) is 86.8 Å². The standard InChI is InChI=1S/C24H18N4O3S/c1-15-6-5-9-17(12-15)30-14-21-27-28-22(25)19(23(29)26-24(28)32-21)13-18-10-11-20(31-18)16-7-3-2-4-8-16/h2-13,25H,14H2,1H3/b19-13+,25-22?. The zero-order valence-corrected chi connectivity index (χ0v) is 17.9. The Morgan fingerprint density at radius 3 is 2.78 bits per heavy atom. The number of fused-ring (bicyclic) bond motifs is 1. The minimum atomic E-state index is -0.498. The lowest BCUT2D eigenvalue weighted by molar-refractivity contribution is -0.114. The van der Waals surface area contributed by atoms with Crippen LogP contribution >= 0.6 is 11.8 Å². The van der Waals surface area contributed by atoms with Crippen LogP contribution in [-0.2, 0) is 4.79 Å². The Labute approximate surface area is 188 Å². The molecule has 0 fully saturated rings. The maximum atomic E-state index is 12.6. The summed E-state index contributed by atoms with van der Waals surface area (Å²) in [4.78, 5) is 16.7. The van der Waals surface area contributed by atoms with E-state index >= 15 is 0 Å². The third-order valence-corrected chi connectivity index (χ3v) is 5.70. The molecule has 2 aliphatic heterocycles. The maximum absolute atomic E-state index is 12.6. The zero-order chi connectivity index (χ0) is 22.1. The first kappa shape index (κ1) is 20.0. The largest absolute Gasteiger partial charge is 0.487 e. The summed E-state index contributed by atoms with van der Waals surface area (Å²) < 4.78 is 11.6. The number of nitrogens with zero attached hydrogens (tertiary/aromatic N) is 3. The van der Waals surface area contributed by atoms with Crippen LogP contribution < -0.4 is 4.74 Å². The quantitative estimate of drug-likeness (QED) is 0.565. The maximum Gasteiger partial charge on any atom is 0.283 e. The topological polar surface area (TPSA) is 91.2 Å². The normalized spacial score (nSPS) is 16.8. The highest BCUT2D eigenvalue weighted by Crippen LogP contribution is 2.30. The molecular formula is C24H18N4O3S. The number of nitrogens with one attached hydrogen (secondary N) is 1. The molecule has 1 N–H and O–H groups in total. The van der Waals surface area contributed by atoms with Crippen LogP contribution in [0, 0.1) is 12.3 Å². The lowest BCUT2D eigenvalue weighted by atomic mass is 10.1. The predicted octanol–water partition coefficient (Wildman–Crippen LogP) is 4.95. The van der Waals surface area contributed by atoms with Gasteiger partial charge in [-0.05, 0) is 54.6 Å². The number of hydrogen-bond acceptors (Lipinski definition) is 6. The summed E-state index contributed by atoms with van der Waals surface area (Å²) >= 11 is 1.22. The summed E-state index contributed by atoms with van der Waals surface area (Å²) in [5, 5.41) is 15.2. The van der Waals surface area contributed by atoms with Gasteiger partial charge in [-0.3, -0.25) is 10.2 Å². The highest BCUT2D eigenvalue weighted by Gasteiger charge is 2.36. The molecule has 2 aromatic carbocycles. The molecule has 8 heteroatoms. The fourth-order valence-corrected chi connectivity index (χ4v) is 4.07. The number of carbonyl (C=O) groups is 1. The molecule has 3 aromatic rings. The molecule has 0 aliphatic carbocycles. The number of aryl methyl sites for hydroxylation is 1. The molecule has 0 saturated carbocycles. The highest BCUT2D eigenvalue weighted by molar-refractivity contribution is 8.27. The van der Waals surface area contributed by atoms with Crippen molar-refractivity contribution >= 4 is 39.8 Å². The first-order chi connectivity index (χ1) is 15.6. The van der Waals surface area contributed by atoms with Crippen molar-refractivity contribution in [3.8, 4) is 17.1 Å². The van der Waals surface area contributed by atoms with E-state index in [2.05, 4.69) is 10.1 Å². The van der Waals surface area contributed by atoms with Crippen LogP contribution in [0.4, 0.5) is 0 Å². The van der Waals surface area contributed by atoms with Gasteiger partial charge < -0.3 is 9.15 Å². The van der Waals surface area contributed by atoms with Gasteiger partial charge in [0.1, 0.15) is 28.9 Å². The molecular weight excluding hydrogens is 424 g/mol. The second kappa shape index (κ2) is 8.32. The van der Waals surface area contributed by atoms with E-state index in [1.165, 1.54) is 22.8 Å². The third-order valence-electron chi connectivity index (χ3n) is 4.82. The molecule has 0 radical (unpaired) electrons. The fraction of sp³-hybridized carbons (Fsp3) is 0.0833. The van der Waals surface area contributed by atoms with Crippen LogP contribution in [0.25, 0.3) is 17.4 Å². The molecule has 158 valence electrons. The predicted molar refractivity (Wildman–Crippen MR) is 126 cm³/mol. The van der Waals surface area contributed by atoms with Gasteiger partial charge >= 0.3 is 0 Å². The Bertz CT molecular complexity index is 1310. The number of aliphatic imine (C=N–C) groups is 1. The van der Waals surface area contributed by atoms with E-state index in [9.17, 15) is 4.79 Å². The van der Waals surface area contributed by atoms with Gasteiger partial charge in [0, 0.05) is 5.56 Å². The molecule has 7 nitrogen and oxygen atoms in total. The smallest absolute Gasteiger partial charge is 0.283 e. The number of amides is 1. The average molecular weight is 443 g/mol. The molecule has 0 atom stereocenters. The van der Waals surface area contributed by atoms with E-state index < -0.39 is 5.91 Å². The minimum Gasteiger partial charge on any atom is -0.487 e. The molecule has 3 heterocycles. The van der Waals surface area contributed by atoms with Crippen LogP contribution in [0.1, 0.15) is 11.3 Å². The van der Waals surface area contributed by atoms with Crippen molar-refractivity contribution in [2.75, 3.05) is 6.61 Å². The Balaban J connectivity index is 1.34. The van der Waals surface area contributed by atoms with Crippen molar-refractivity contribution < 1.29 is 13.9 Å². The second-order valence-electron chi connectivity index (χ2n) is 7.19. The molecule has 0 unspecified atom stereocenters. The minimum absolute atomic E-state index is 0.0456. The number of amidine groups is 2. The summed E-state index contributed by atoms with van der Waals surface area (Å²) in [5.41, 5.74) is 2.15. The Kier molecular flexibility index (Phi) is 5.20. The molecule has 0 saturated heterocycles. The SMILES string of the molecule is Cc1cccc(OCC2=NN3C(=N)/C(=C\c4ccc(-c5ccccc5)o4)C(=O)N=C3S2)c1. The summed E-state index contributed by atoms with van der Waals surface area (Å²) in [6.45, 7) is 2.22. The van der Waals surface area contributed by atoms with E-state index in [-0.39, 0.29) is 18.0 Å². The van der Waals surface area contributed by atoms with Crippen LogP contribution in [-0.4, -0.2) is 33.6 Å². The van der Waals surface area contributed by atoms with Gasteiger partial charge in [0.05, 0.1) is 5.57 Å². The van der Waals surface area contributed by atoms with Crippen LogP contribution in [0.5, 0.6) is 5.75 Å². The van der Waals surface area contributed by atoms with Gasteiger partial charge in [-0.15, -0.1) is 0 Å². The number of thioether (sulfide) groups is 1. The monoisotopic (exact) mass is 442 g/mol. The van der Waals surface area contributed by atoms with Gasteiger partial charge in [-0.1, -0.05) is 42.5 Å². The zero-order valence-electron chi connectivity index (χ0n) is 17.1. The average Bonchev–Trinajstić information content (AvgIpc) is 3.43. The molecule has 5 rings (SSSR count). The Hall–Kier alpha value is -3.91. The lowest BCUT2D eigenvalue weighted by Gasteiger charge is -2.19. The van der Waals surface area contributed by atoms with E-state index in [1.54, 1.807) is 6.07 Å². The molecule has 1 amide bonds. The van der Waals surface area contributed by atoms with E-state index in [0.29, 0.717) is 21.7 Å². The molecule has 0 bridgehead atoms. The first-order valence-electron chi connectivity index (χ1n) is 9.91. The number of ether oxygens (including phenoxy) is 1. The second-order valence-corrected chi connectivity index (χ2v) is 8.23.